The van der Waals surface area contributed by atoms with E-state index >= 15 is 0 Å². The van der Waals surface area contributed by atoms with Crippen molar-refractivity contribution in [2.45, 2.75) is 65.2 Å². The molecule has 26 heavy (non-hydrogen) atoms. The van der Waals surface area contributed by atoms with Gasteiger partial charge in [-0.05, 0) is 24.0 Å². The van der Waals surface area contributed by atoms with Crippen molar-refractivity contribution >= 4 is 24.2 Å². The summed E-state index contributed by atoms with van der Waals surface area (Å²) in [5.74, 6) is -0.124. The molecule has 6 heteroatoms. The highest BCUT2D eigenvalue weighted by molar-refractivity contribution is 5.85. The number of carbonyl (C=O) groups excluding carboxylic acids is 2. The van der Waals surface area contributed by atoms with Crippen LogP contribution in [-0.2, 0) is 9.59 Å². The number of unbranched alkanes of at least 4 members (excludes halogenated alkanes) is 4. The number of nitrogens with one attached hydrogen (secondary N) is 2. The van der Waals surface area contributed by atoms with Gasteiger partial charge in [0.1, 0.15) is 0 Å². The van der Waals surface area contributed by atoms with Crippen molar-refractivity contribution in [3.63, 3.8) is 0 Å². The average molecular weight is 358 g/mol. The molecular weight excluding hydrogens is 328 g/mol. The normalized spacial score (nSPS) is 11.2. The van der Waals surface area contributed by atoms with E-state index in [0.29, 0.717) is 12.8 Å². The third kappa shape index (κ3) is 10.4. The zero-order chi connectivity index (χ0) is 19.0. The lowest BCUT2D eigenvalue weighted by Crippen LogP contribution is -2.17. The van der Waals surface area contributed by atoms with E-state index in [9.17, 15) is 9.59 Å². The highest BCUT2D eigenvalue weighted by Gasteiger charge is 1.99. The van der Waals surface area contributed by atoms with Crippen molar-refractivity contribution in [3.05, 3.63) is 35.4 Å². The van der Waals surface area contributed by atoms with E-state index in [1.54, 1.807) is 12.4 Å². The van der Waals surface area contributed by atoms with E-state index in [1.807, 2.05) is 24.3 Å². The van der Waals surface area contributed by atoms with Crippen LogP contribution >= 0.6 is 0 Å². The molecule has 0 heterocycles. The molecule has 2 amide bonds. The lowest BCUT2D eigenvalue weighted by atomic mass is 10.2. The van der Waals surface area contributed by atoms with Gasteiger partial charge in [0.05, 0.1) is 12.4 Å². The molecule has 0 spiro atoms. The van der Waals surface area contributed by atoms with Crippen LogP contribution in [0, 0.1) is 0 Å². The van der Waals surface area contributed by atoms with Crippen molar-refractivity contribution in [2.24, 2.45) is 10.2 Å². The Kier molecular flexibility index (Phi) is 11.4. The second kappa shape index (κ2) is 13.8. The number of carbonyl (C=O) groups is 2. The van der Waals surface area contributed by atoms with Gasteiger partial charge < -0.3 is 0 Å². The molecule has 0 aliphatic rings. The Labute approximate surface area is 156 Å². The number of hydrogen-bond donors (Lipinski definition) is 2. The molecule has 0 aliphatic carbocycles. The molecule has 0 unspecified atom stereocenters. The minimum Gasteiger partial charge on any atom is -0.273 e. The average Bonchev–Trinajstić information content (AvgIpc) is 2.63. The van der Waals surface area contributed by atoms with Crippen molar-refractivity contribution in [1.82, 2.24) is 10.9 Å². The lowest BCUT2D eigenvalue weighted by Gasteiger charge is -2.00. The second-order valence-corrected chi connectivity index (χ2v) is 6.17. The van der Waals surface area contributed by atoms with Crippen LogP contribution in [0.5, 0.6) is 0 Å². The molecule has 1 rings (SSSR count). The largest absolute Gasteiger partial charge is 0.273 e. The van der Waals surface area contributed by atoms with Gasteiger partial charge in [0.2, 0.25) is 11.8 Å². The predicted octanol–water partition coefficient (Wildman–Crippen LogP) is 3.75. The molecule has 0 saturated carbocycles. The Morgan fingerprint density at radius 1 is 0.769 bits per heavy atom. The maximum absolute atomic E-state index is 11.5. The molecule has 0 aliphatic heterocycles. The van der Waals surface area contributed by atoms with Gasteiger partial charge in [-0.1, -0.05) is 63.8 Å². The molecule has 1 aromatic carbocycles. The second-order valence-electron chi connectivity index (χ2n) is 6.17. The molecule has 0 bridgehead atoms. The van der Waals surface area contributed by atoms with E-state index in [4.69, 9.17) is 0 Å². The summed E-state index contributed by atoms with van der Waals surface area (Å²) in [5.41, 5.74) is 6.81. The van der Waals surface area contributed by atoms with Crippen molar-refractivity contribution in [1.29, 1.82) is 0 Å². The summed E-state index contributed by atoms with van der Waals surface area (Å²) >= 11 is 0. The first-order valence-electron chi connectivity index (χ1n) is 9.39. The molecule has 2 N–H and O–H groups in total. The molecular formula is C20H30N4O2. The smallest absolute Gasteiger partial charge is 0.240 e. The fourth-order valence-corrected chi connectivity index (χ4v) is 2.21. The van der Waals surface area contributed by atoms with Gasteiger partial charge in [0.25, 0.3) is 0 Å². The third-order valence-electron chi connectivity index (χ3n) is 3.76. The lowest BCUT2D eigenvalue weighted by molar-refractivity contribution is -0.122. The maximum atomic E-state index is 11.5. The van der Waals surface area contributed by atoms with Crippen LogP contribution in [0.15, 0.2) is 34.5 Å². The van der Waals surface area contributed by atoms with Crippen molar-refractivity contribution < 1.29 is 9.59 Å². The molecule has 0 saturated heterocycles. The van der Waals surface area contributed by atoms with Crippen LogP contribution in [-0.4, -0.2) is 24.2 Å². The van der Waals surface area contributed by atoms with E-state index in [-0.39, 0.29) is 11.8 Å². The summed E-state index contributed by atoms with van der Waals surface area (Å²) in [6.07, 6.45) is 10.3. The highest BCUT2D eigenvalue weighted by atomic mass is 16.2. The van der Waals surface area contributed by atoms with Gasteiger partial charge in [-0.25, -0.2) is 10.9 Å². The molecule has 0 aromatic heterocycles. The Bertz CT molecular complexity index is 541. The summed E-state index contributed by atoms with van der Waals surface area (Å²) in [4.78, 5) is 23.1. The first-order chi connectivity index (χ1) is 12.7. The van der Waals surface area contributed by atoms with Crippen LogP contribution < -0.4 is 10.9 Å². The van der Waals surface area contributed by atoms with Crippen molar-refractivity contribution in [3.8, 4) is 0 Å². The number of hydrazone groups is 2. The van der Waals surface area contributed by atoms with Crippen molar-refractivity contribution in [2.75, 3.05) is 0 Å². The summed E-state index contributed by atoms with van der Waals surface area (Å²) in [6.45, 7) is 4.21. The molecule has 0 atom stereocenters. The standard InChI is InChI=1S/C20H30N4O2/c1-3-5-7-9-19(25)23-21-15-17-11-13-18(14-12-17)16-22-24-20(26)10-8-6-4-2/h11-16H,3-10H2,1-2H3,(H,23,25)(H,24,26)/b21-15+,22-16+. The van der Waals surface area contributed by atoms with Gasteiger partial charge in [0.15, 0.2) is 0 Å². The first-order valence-corrected chi connectivity index (χ1v) is 9.39. The first kappa shape index (κ1) is 21.5. The van der Waals surface area contributed by atoms with Gasteiger partial charge >= 0.3 is 0 Å². The third-order valence-corrected chi connectivity index (χ3v) is 3.76. The minimum atomic E-state index is -0.0619. The Hall–Kier alpha value is -2.50. The summed E-state index contributed by atoms with van der Waals surface area (Å²) < 4.78 is 0. The monoisotopic (exact) mass is 358 g/mol. The molecule has 1 aromatic rings. The maximum Gasteiger partial charge on any atom is 0.240 e. The molecule has 142 valence electrons. The van der Waals surface area contributed by atoms with Gasteiger partial charge in [-0.2, -0.15) is 10.2 Å². The molecule has 0 fully saturated rings. The number of amides is 2. The number of hydrogen-bond acceptors (Lipinski definition) is 4. The number of nitrogens with zero attached hydrogens (tertiary/aromatic N) is 2. The predicted molar refractivity (Wildman–Crippen MR) is 106 cm³/mol. The Morgan fingerprint density at radius 2 is 1.15 bits per heavy atom. The summed E-state index contributed by atoms with van der Waals surface area (Å²) in [6, 6.07) is 7.49. The van der Waals surface area contributed by atoms with E-state index in [1.165, 1.54) is 0 Å². The quantitative estimate of drug-likeness (QED) is 0.339. The molecule has 0 radical (unpaired) electrons. The topological polar surface area (TPSA) is 82.9 Å². The zero-order valence-electron chi connectivity index (χ0n) is 15.8. The van der Waals surface area contributed by atoms with Gasteiger partial charge in [-0.3, -0.25) is 9.59 Å². The van der Waals surface area contributed by atoms with Crippen LogP contribution in [0.2, 0.25) is 0 Å². The Balaban J connectivity index is 2.34. The van der Waals surface area contributed by atoms with Crippen LogP contribution in [0.1, 0.15) is 76.3 Å². The van der Waals surface area contributed by atoms with Crippen LogP contribution in [0.3, 0.4) is 0 Å². The zero-order valence-corrected chi connectivity index (χ0v) is 15.8. The van der Waals surface area contributed by atoms with Gasteiger partial charge in [-0.15, -0.1) is 0 Å². The summed E-state index contributed by atoms with van der Waals surface area (Å²) in [5, 5.41) is 7.91. The number of benzene rings is 1. The summed E-state index contributed by atoms with van der Waals surface area (Å²) in [7, 11) is 0. The highest BCUT2D eigenvalue weighted by Crippen LogP contribution is 2.01. The Morgan fingerprint density at radius 3 is 1.50 bits per heavy atom. The van der Waals surface area contributed by atoms with E-state index in [2.05, 4.69) is 34.9 Å². The van der Waals surface area contributed by atoms with Crippen LogP contribution in [0.25, 0.3) is 0 Å². The molecule has 6 nitrogen and oxygen atoms in total. The fraction of sp³-hybridized carbons (Fsp3) is 0.500. The SMILES string of the molecule is CCCCCC(=O)N/N=C/c1ccc(/C=N/NC(=O)CCCCC)cc1. The minimum absolute atomic E-state index is 0.0619. The fourth-order valence-electron chi connectivity index (χ4n) is 2.21. The van der Waals surface area contributed by atoms with Gasteiger partial charge in [0, 0.05) is 12.8 Å². The van der Waals surface area contributed by atoms with E-state index < -0.39 is 0 Å². The number of rotatable bonds is 12. The van der Waals surface area contributed by atoms with E-state index in [0.717, 1.165) is 49.7 Å². The van der Waals surface area contributed by atoms with Crippen LogP contribution in [0.4, 0.5) is 0 Å².